The van der Waals surface area contributed by atoms with Gasteiger partial charge in [-0.2, -0.15) is 4.98 Å². The molecule has 8 heteroatoms. The number of pyridine rings is 1. The normalized spacial score (nSPS) is 17.0. The van der Waals surface area contributed by atoms with Crippen LogP contribution in [0.1, 0.15) is 43.1 Å². The third-order valence-electron chi connectivity index (χ3n) is 6.35. The molecule has 0 bridgehead atoms. The van der Waals surface area contributed by atoms with Crippen molar-refractivity contribution in [1.82, 2.24) is 20.0 Å². The summed E-state index contributed by atoms with van der Waals surface area (Å²) in [5.74, 6) is 2.65. The lowest BCUT2D eigenvalue weighted by atomic mass is 10.1. The number of aromatic nitrogens is 3. The van der Waals surface area contributed by atoms with Crippen LogP contribution in [0.5, 0.6) is 0 Å². The van der Waals surface area contributed by atoms with E-state index in [4.69, 9.17) is 4.52 Å². The number of urea groups is 1. The van der Waals surface area contributed by atoms with Gasteiger partial charge in [0.15, 0.2) is 0 Å². The van der Waals surface area contributed by atoms with Gasteiger partial charge in [-0.05, 0) is 44.0 Å². The van der Waals surface area contributed by atoms with Gasteiger partial charge in [0.25, 0.3) is 0 Å². The van der Waals surface area contributed by atoms with Crippen molar-refractivity contribution in [3.63, 3.8) is 0 Å². The molecule has 166 valence electrons. The zero-order chi connectivity index (χ0) is 21.9. The van der Waals surface area contributed by atoms with E-state index in [0.717, 1.165) is 48.9 Å². The molecule has 2 aromatic heterocycles. The molecule has 1 N–H and O–H groups in total. The van der Waals surface area contributed by atoms with Gasteiger partial charge >= 0.3 is 6.03 Å². The third kappa shape index (κ3) is 4.44. The summed E-state index contributed by atoms with van der Waals surface area (Å²) in [6.45, 7) is 4.80. The van der Waals surface area contributed by atoms with Crippen LogP contribution in [0.4, 0.5) is 16.3 Å². The van der Waals surface area contributed by atoms with Crippen molar-refractivity contribution in [2.45, 2.75) is 38.5 Å². The van der Waals surface area contributed by atoms with Crippen LogP contribution in [0.2, 0.25) is 0 Å². The fraction of sp³-hybridized carbons (Fsp3) is 0.417. The number of carbonyl (C=O) groups excluding carboxylic acids is 1. The van der Waals surface area contributed by atoms with Crippen LogP contribution in [0.3, 0.4) is 0 Å². The van der Waals surface area contributed by atoms with Crippen LogP contribution in [0.25, 0.3) is 11.4 Å². The number of benzene rings is 1. The molecule has 3 heterocycles. The highest BCUT2D eigenvalue weighted by molar-refractivity contribution is 5.89. The Morgan fingerprint density at radius 3 is 2.47 bits per heavy atom. The van der Waals surface area contributed by atoms with Crippen molar-refractivity contribution in [3.05, 3.63) is 54.0 Å². The van der Waals surface area contributed by atoms with E-state index >= 15 is 0 Å². The summed E-state index contributed by atoms with van der Waals surface area (Å²) >= 11 is 0. The minimum Gasteiger partial charge on any atom is -0.353 e. The fourth-order valence-electron chi connectivity index (χ4n) is 4.37. The van der Waals surface area contributed by atoms with Crippen LogP contribution in [-0.2, 0) is 0 Å². The Labute approximate surface area is 187 Å². The SMILES string of the molecule is Cc1ccc(NC(=O)N2CCN(c3ccc(-c4noc(C5CCCC5)n4)cn3)CC2)cc1. The van der Waals surface area contributed by atoms with Gasteiger partial charge in [0.2, 0.25) is 11.7 Å². The number of rotatable bonds is 4. The first-order chi connectivity index (χ1) is 15.7. The first-order valence-electron chi connectivity index (χ1n) is 11.3. The molecule has 3 aromatic rings. The Hall–Kier alpha value is -3.42. The van der Waals surface area contributed by atoms with Gasteiger partial charge in [-0.25, -0.2) is 9.78 Å². The Bertz CT molecular complexity index is 1050. The molecule has 0 spiro atoms. The molecule has 8 nitrogen and oxygen atoms in total. The molecule has 0 unspecified atom stereocenters. The van der Waals surface area contributed by atoms with Crippen molar-refractivity contribution in [2.24, 2.45) is 0 Å². The van der Waals surface area contributed by atoms with Gasteiger partial charge in [0.1, 0.15) is 5.82 Å². The number of nitrogens with zero attached hydrogens (tertiary/aromatic N) is 5. The lowest BCUT2D eigenvalue weighted by Crippen LogP contribution is -2.50. The van der Waals surface area contributed by atoms with Crippen molar-refractivity contribution in [1.29, 1.82) is 0 Å². The van der Waals surface area contributed by atoms with Crippen LogP contribution in [0.15, 0.2) is 47.1 Å². The number of nitrogens with one attached hydrogen (secondary N) is 1. The lowest BCUT2D eigenvalue weighted by Gasteiger charge is -2.35. The Morgan fingerprint density at radius 1 is 1.03 bits per heavy atom. The molecular weight excluding hydrogens is 404 g/mol. The molecule has 1 aliphatic carbocycles. The predicted molar refractivity (Wildman–Crippen MR) is 123 cm³/mol. The summed E-state index contributed by atoms with van der Waals surface area (Å²) in [5.41, 5.74) is 2.85. The Morgan fingerprint density at radius 2 is 1.78 bits per heavy atom. The monoisotopic (exact) mass is 432 g/mol. The van der Waals surface area contributed by atoms with Crippen LogP contribution in [-0.4, -0.2) is 52.2 Å². The van der Waals surface area contributed by atoms with E-state index < -0.39 is 0 Å². The molecule has 1 saturated carbocycles. The third-order valence-corrected chi connectivity index (χ3v) is 6.35. The molecule has 1 aromatic carbocycles. The zero-order valence-electron chi connectivity index (χ0n) is 18.3. The van der Waals surface area contributed by atoms with Gasteiger partial charge in [0, 0.05) is 49.5 Å². The first-order valence-corrected chi connectivity index (χ1v) is 11.3. The topological polar surface area (TPSA) is 87.4 Å². The molecule has 2 fully saturated rings. The number of anilines is 2. The van der Waals surface area contributed by atoms with E-state index in [1.54, 1.807) is 6.20 Å². The summed E-state index contributed by atoms with van der Waals surface area (Å²) in [4.78, 5) is 25.8. The van der Waals surface area contributed by atoms with E-state index in [1.807, 2.05) is 48.2 Å². The van der Waals surface area contributed by atoms with Crippen molar-refractivity contribution < 1.29 is 9.32 Å². The second kappa shape index (κ2) is 8.98. The summed E-state index contributed by atoms with van der Waals surface area (Å²) in [5, 5.41) is 7.12. The number of amides is 2. The number of carbonyl (C=O) groups is 1. The molecule has 5 rings (SSSR count). The number of piperazine rings is 1. The highest BCUT2D eigenvalue weighted by Gasteiger charge is 2.24. The number of aryl methyl sites for hydroxylation is 1. The summed E-state index contributed by atoms with van der Waals surface area (Å²) in [7, 11) is 0. The quantitative estimate of drug-likeness (QED) is 0.655. The molecule has 1 saturated heterocycles. The number of hydrogen-bond donors (Lipinski definition) is 1. The zero-order valence-corrected chi connectivity index (χ0v) is 18.3. The van der Waals surface area contributed by atoms with E-state index in [9.17, 15) is 4.79 Å². The average Bonchev–Trinajstić information content (AvgIpc) is 3.53. The maximum atomic E-state index is 12.6. The highest BCUT2D eigenvalue weighted by Crippen LogP contribution is 2.33. The van der Waals surface area contributed by atoms with Gasteiger partial charge in [-0.3, -0.25) is 0 Å². The van der Waals surface area contributed by atoms with Crippen molar-refractivity contribution in [2.75, 3.05) is 36.4 Å². The second-order valence-corrected chi connectivity index (χ2v) is 8.61. The molecule has 32 heavy (non-hydrogen) atoms. The molecule has 1 aliphatic heterocycles. The highest BCUT2D eigenvalue weighted by atomic mass is 16.5. The Balaban J connectivity index is 1.16. The first kappa shape index (κ1) is 20.5. The molecule has 2 aliphatic rings. The maximum Gasteiger partial charge on any atom is 0.321 e. The van der Waals surface area contributed by atoms with Crippen molar-refractivity contribution in [3.8, 4) is 11.4 Å². The number of hydrogen-bond acceptors (Lipinski definition) is 6. The van der Waals surface area contributed by atoms with E-state index in [2.05, 4.69) is 25.3 Å². The van der Waals surface area contributed by atoms with Gasteiger partial charge in [-0.1, -0.05) is 35.7 Å². The average molecular weight is 433 g/mol. The van der Waals surface area contributed by atoms with Gasteiger partial charge in [0.05, 0.1) is 0 Å². The summed E-state index contributed by atoms with van der Waals surface area (Å²) in [6.07, 6.45) is 6.54. The molecule has 0 radical (unpaired) electrons. The van der Waals surface area contributed by atoms with E-state index in [-0.39, 0.29) is 6.03 Å². The van der Waals surface area contributed by atoms with E-state index in [0.29, 0.717) is 24.8 Å². The van der Waals surface area contributed by atoms with Gasteiger partial charge in [-0.15, -0.1) is 0 Å². The van der Waals surface area contributed by atoms with E-state index in [1.165, 1.54) is 18.4 Å². The fourth-order valence-corrected chi connectivity index (χ4v) is 4.37. The molecule has 0 atom stereocenters. The standard InChI is InChI=1S/C24H28N6O2/c1-17-6-9-20(10-7-17)26-24(31)30-14-12-29(13-15-30)21-11-8-19(16-25-21)22-27-23(32-28-22)18-4-2-3-5-18/h6-11,16,18H,2-5,12-15H2,1H3,(H,26,31). The van der Waals surface area contributed by atoms with Crippen LogP contribution < -0.4 is 10.2 Å². The Kier molecular flexibility index (Phi) is 5.75. The van der Waals surface area contributed by atoms with Crippen LogP contribution in [0, 0.1) is 6.92 Å². The molecular formula is C24H28N6O2. The smallest absolute Gasteiger partial charge is 0.321 e. The lowest BCUT2D eigenvalue weighted by molar-refractivity contribution is 0.208. The minimum atomic E-state index is -0.0630. The minimum absolute atomic E-state index is 0.0630. The second-order valence-electron chi connectivity index (χ2n) is 8.61. The predicted octanol–water partition coefficient (Wildman–Crippen LogP) is 4.45. The largest absolute Gasteiger partial charge is 0.353 e. The summed E-state index contributed by atoms with van der Waals surface area (Å²) < 4.78 is 5.49. The van der Waals surface area contributed by atoms with Crippen molar-refractivity contribution >= 4 is 17.5 Å². The van der Waals surface area contributed by atoms with Gasteiger partial charge < -0.3 is 19.6 Å². The van der Waals surface area contributed by atoms with Crippen LogP contribution >= 0.6 is 0 Å². The molecule has 2 amide bonds. The maximum absolute atomic E-state index is 12.6. The summed E-state index contributed by atoms with van der Waals surface area (Å²) in [6, 6.07) is 11.8.